The SMILES string of the molecule is COCC(C)(O)Cn1cnc2c(N3C[C@@H](C)C[C@@H](O)C3)ncnc21. The zero-order valence-electron chi connectivity index (χ0n) is 14.4. The van der Waals surface area contributed by atoms with E-state index in [1.54, 1.807) is 20.4 Å². The number of hydrogen-bond acceptors (Lipinski definition) is 7. The van der Waals surface area contributed by atoms with Crippen molar-refractivity contribution in [2.75, 3.05) is 31.7 Å². The molecule has 1 fully saturated rings. The highest BCUT2D eigenvalue weighted by Gasteiger charge is 2.27. The maximum absolute atomic E-state index is 10.4. The summed E-state index contributed by atoms with van der Waals surface area (Å²) in [4.78, 5) is 15.2. The summed E-state index contributed by atoms with van der Waals surface area (Å²) in [5.74, 6) is 1.12. The number of aliphatic hydroxyl groups excluding tert-OH is 1. The van der Waals surface area contributed by atoms with Crippen LogP contribution in [0.3, 0.4) is 0 Å². The second-order valence-corrected chi connectivity index (χ2v) is 7.07. The molecule has 1 aliphatic rings. The van der Waals surface area contributed by atoms with Crippen LogP contribution in [0.2, 0.25) is 0 Å². The number of ether oxygens (including phenoxy) is 1. The molecule has 24 heavy (non-hydrogen) atoms. The summed E-state index contributed by atoms with van der Waals surface area (Å²) in [6.07, 6.45) is 3.62. The highest BCUT2D eigenvalue weighted by atomic mass is 16.5. The summed E-state index contributed by atoms with van der Waals surface area (Å²) in [5, 5.41) is 20.4. The van der Waals surface area contributed by atoms with E-state index in [2.05, 4.69) is 26.8 Å². The first-order valence-corrected chi connectivity index (χ1v) is 8.20. The van der Waals surface area contributed by atoms with Crippen molar-refractivity contribution in [1.29, 1.82) is 0 Å². The van der Waals surface area contributed by atoms with Gasteiger partial charge >= 0.3 is 0 Å². The predicted molar refractivity (Wildman–Crippen MR) is 89.8 cm³/mol. The van der Waals surface area contributed by atoms with E-state index in [1.165, 1.54) is 6.33 Å². The maximum Gasteiger partial charge on any atom is 0.165 e. The molecule has 1 saturated heterocycles. The Bertz CT molecular complexity index is 692. The van der Waals surface area contributed by atoms with E-state index in [0.717, 1.165) is 18.8 Å². The van der Waals surface area contributed by atoms with E-state index < -0.39 is 5.60 Å². The number of methoxy groups -OCH3 is 1. The highest BCUT2D eigenvalue weighted by Crippen LogP contribution is 2.27. The van der Waals surface area contributed by atoms with Crippen molar-refractivity contribution in [2.24, 2.45) is 5.92 Å². The molecule has 1 unspecified atom stereocenters. The predicted octanol–water partition coefficient (Wildman–Crippen LogP) is 0.431. The molecule has 2 aromatic heterocycles. The Balaban J connectivity index is 1.92. The number of aliphatic hydroxyl groups is 2. The minimum atomic E-state index is -1.01. The number of imidazole rings is 1. The van der Waals surface area contributed by atoms with E-state index in [9.17, 15) is 10.2 Å². The molecular formula is C16H25N5O3. The molecule has 0 aliphatic carbocycles. The second kappa shape index (κ2) is 6.62. The van der Waals surface area contributed by atoms with Crippen LogP contribution in [0.25, 0.3) is 11.2 Å². The number of piperidine rings is 1. The zero-order valence-corrected chi connectivity index (χ0v) is 14.4. The average molecular weight is 335 g/mol. The Labute approximate surface area is 141 Å². The molecule has 0 spiro atoms. The first-order chi connectivity index (χ1) is 11.4. The summed E-state index contributed by atoms with van der Waals surface area (Å²) in [6.45, 7) is 5.76. The van der Waals surface area contributed by atoms with Crippen LogP contribution >= 0.6 is 0 Å². The topological polar surface area (TPSA) is 96.5 Å². The first-order valence-electron chi connectivity index (χ1n) is 8.20. The fourth-order valence-corrected chi connectivity index (χ4v) is 3.43. The van der Waals surface area contributed by atoms with Gasteiger partial charge in [-0.25, -0.2) is 15.0 Å². The number of rotatable bonds is 5. The maximum atomic E-state index is 10.4. The second-order valence-electron chi connectivity index (χ2n) is 7.07. The van der Waals surface area contributed by atoms with Crippen LogP contribution in [0.1, 0.15) is 20.3 Å². The minimum absolute atomic E-state index is 0.223. The lowest BCUT2D eigenvalue weighted by Crippen LogP contribution is -2.42. The molecule has 1 aliphatic heterocycles. The molecule has 0 radical (unpaired) electrons. The Morgan fingerprint density at radius 3 is 2.83 bits per heavy atom. The molecule has 0 bridgehead atoms. The third-order valence-corrected chi connectivity index (χ3v) is 4.29. The van der Waals surface area contributed by atoms with Gasteiger partial charge in [-0.05, 0) is 19.3 Å². The quantitative estimate of drug-likeness (QED) is 0.818. The van der Waals surface area contributed by atoms with Crippen molar-refractivity contribution >= 4 is 17.0 Å². The molecule has 8 nitrogen and oxygen atoms in total. The third kappa shape index (κ3) is 3.50. The van der Waals surface area contributed by atoms with E-state index >= 15 is 0 Å². The standard InChI is InChI=1S/C16H25N5O3/c1-11-4-12(22)6-20(5-11)14-13-15(18-9-17-14)21(10-19-13)7-16(2,23)8-24-3/h9-12,22-23H,4-8H2,1-3H3/t11-,12+,16?/m0/s1. The number of anilines is 1. The van der Waals surface area contributed by atoms with Gasteiger partial charge in [0.2, 0.25) is 0 Å². The van der Waals surface area contributed by atoms with Gasteiger partial charge in [0.1, 0.15) is 11.9 Å². The number of β-amino-alcohol motifs (C(OH)–C–C–N with tert-alkyl or cyclic N) is 1. The summed E-state index contributed by atoms with van der Waals surface area (Å²) >= 11 is 0. The van der Waals surface area contributed by atoms with Crippen LogP contribution in [0.15, 0.2) is 12.7 Å². The van der Waals surface area contributed by atoms with Crippen LogP contribution in [0.4, 0.5) is 5.82 Å². The van der Waals surface area contributed by atoms with Crippen molar-refractivity contribution in [3.63, 3.8) is 0 Å². The molecule has 8 heteroatoms. The van der Waals surface area contributed by atoms with Crippen LogP contribution in [0, 0.1) is 5.92 Å². The van der Waals surface area contributed by atoms with Gasteiger partial charge in [0.05, 0.1) is 25.6 Å². The smallest absolute Gasteiger partial charge is 0.165 e. The van der Waals surface area contributed by atoms with Gasteiger partial charge in [-0.1, -0.05) is 6.92 Å². The van der Waals surface area contributed by atoms with Gasteiger partial charge in [0.25, 0.3) is 0 Å². The van der Waals surface area contributed by atoms with Crippen LogP contribution in [0.5, 0.6) is 0 Å². The molecule has 2 N–H and O–H groups in total. The third-order valence-electron chi connectivity index (χ3n) is 4.29. The monoisotopic (exact) mass is 335 g/mol. The number of hydrogen-bond donors (Lipinski definition) is 2. The van der Waals surface area contributed by atoms with Crippen molar-refractivity contribution < 1.29 is 14.9 Å². The molecule has 3 heterocycles. The molecule has 2 aromatic rings. The molecule has 0 amide bonds. The lowest BCUT2D eigenvalue weighted by molar-refractivity contribution is -0.0280. The normalized spacial score (nSPS) is 24.3. The number of fused-ring (bicyclic) bond motifs is 1. The first kappa shape index (κ1) is 17.1. The summed E-state index contributed by atoms with van der Waals surface area (Å²) in [6, 6.07) is 0. The highest BCUT2D eigenvalue weighted by molar-refractivity contribution is 5.83. The fourth-order valence-electron chi connectivity index (χ4n) is 3.43. The summed E-state index contributed by atoms with van der Waals surface area (Å²) in [5.41, 5.74) is 0.347. The van der Waals surface area contributed by atoms with Crippen molar-refractivity contribution in [3.05, 3.63) is 12.7 Å². The van der Waals surface area contributed by atoms with Gasteiger partial charge in [-0.2, -0.15) is 0 Å². The summed E-state index contributed by atoms with van der Waals surface area (Å²) < 4.78 is 6.87. The molecular weight excluding hydrogens is 310 g/mol. The van der Waals surface area contributed by atoms with E-state index in [4.69, 9.17) is 4.74 Å². The average Bonchev–Trinajstić information content (AvgIpc) is 2.88. The van der Waals surface area contributed by atoms with Gasteiger partial charge in [-0.3, -0.25) is 0 Å². The van der Waals surface area contributed by atoms with Crippen LogP contribution < -0.4 is 4.90 Å². The summed E-state index contributed by atoms with van der Waals surface area (Å²) in [7, 11) is 1.56. The van der Waals surface area contributed by atoms with Crippen LogP contribution in [-0.4, -0.2) is 68.2 Å². The fraction of sp³-hybridized carbons (Fsp3) is 0.688. The van der Waals surface area contributed by atoms with Gasteiger partial charge in [0, 0.05) is 20.2 Å². The molecule has 0 saturated carbocycles. The largest absolute Gasteiger partial charge is 0.391 e. The lowest BCUT2D eigenvalue weighted by Gasteiger charge is -2.34. The van der Waals surface area contributed by atoms with Gasteiger partial charge in [0.15, 0.2) is 17.0 Å². The van der Waals surface area contributed by atoms with E-state index in [0.29, 0.717) is 30.2 Å². The van der Waals surface area contributed by atoms with Crippen molar-refractivity contribution in [1.82, 2.24) is 19.5 Å². The minimum Gasteiger partial charge on any atom is -0.391 e. The van der Waals surface area contributed by atoms with Gasteiger partial charge < -0.3 is 24.4 Å². The van der Waals surface area contributed by atoms with Gasteiger partial charge in [-0.15, -0.1) is 0 Å². The zero-order chi connectivity index (χ0) is 17.3. The molecule has 0 aromatic carbocycles. The Morgan fingerprint density at radius 2 is 2.12 bits per heavy atom. The van der Waals surface area contributed by atoms with E-state index in [-0.39, 0.29) is 12.7 Å². The Hall–Kier alpha value is -1.77. The van der Waals surface area contributed by atoms with Crippen LogP contribution in [-0.2, 0) is 11.3 Å². The van der Waals surface area contributed by atoms with Crippen molar-refractivity contribution in [2.45, 2.75) is 38.5 Å². The lowest BCUT2D eigenvalue weighted by atomic mass is 9.98. The number of aromatic nitrogens is 4. The molecule has 132 valence electrons. The molecule has 3 rings (SSSR count). The Morgan fingerprint density at radius 1 is 1.33 bits per heavy atom. The Kier molecular flexibility index (Phi) is 4.71. The van der Waals surface area contributed by atoms with E-state index in [1.807, 2.05) is 4.57 Å². The number of nitrogens with zero attached hydrogens (tertiary/aromatic N) is 5. The van der Waals surface area contributed by atoms with Crippen molar-refractivity contribution in [3.8, 4) is 0 Å². The molecule has 3 atom stereocenters.